The van der Waals surface area contributed by atoms with E-state index in [1.807, 2.05) is 31.2 Å². The largest absolute Gasteiger partial charge is 0.369 e. The van der Waals surface area contributed by atoms with Crippen molar-refractivity contribution in [3.05, 3.63) is 36.9 Å². The number of unbranched alkanes of at least 4 members (excludes halogenated alkanes) is 1. The molecule has 6 heteroatoms. The van der Waals surface area contributed by atoms with E-state index >= 15 is 0 Å². The van der Waals surface area contributed by atoms with Gasteiger partial charge in [-0.25, -0.2) is 9.97 Å². The third-order valence-corrected chi connectivity index (χ3v) is 3.63. The van der Waals surface area contributed by atoms with Gasteiger partial charge in [-0.15, -0.1) is 0 Å². The first-order valence-corrected chi connectivity index (χ1v) is 7.21. The number of rotatable bonds is 6. The van der Waals surface area contributed by atoms with Crippen LogP contribution < -0.4 is 5.32 Å². The van der Waals surface area contributed by atoms with Gasteiger partial charge in [-0.3, -0.25) is 0 Å². The van der Waals surface area contributed by atoms with Crippen LogP contribution in [0.1, 0.15) is 24.6 Å². The normalized spacial score (nSPS) is 19.3. The number of morpholine rings is 1. The van der Waals surface area contributed by atoms with Crippen LogP contribution in [-0.2, 0) is 17.8 Å². The summed E-state index contributed by atoms with van der Waals surface area (Å²) in [5, 5.41) is 3.36. The number of hydrogen-bond acceptors (Lipinski definition) is 4. The van der Waals surface area contributed by atoms with Crippen LogP contribution in [0.3, 0.4) is 0 Å². The SMILES string of the molecule is c1cn(CCCCn2cncc2C2CNCCO2)cn1. The third kappa shape index (κ3) is 3.26. The van der Waals surface area contributed by atoms with Gasteiger partial charge >= 0.3 is 0 Å². The van der Waals surface area contributed by atoms with Gasteiger partial charge in [-0.2, -0.15) is 0 Å². The third-order valence-electron chi connectivity index (χ3n) is 3.63. The van der Waals surface area contributed by atoms with Crippen molar-refractivity contribution in [1.29, 1.82) is 0 Å². The lowest BCUT2D eigenvalue weighted by Crippen LogP contribution is -2.34. The first kappa shape index (κ1) is 13.3. The summed E-state index contributed by atoms with van der Waals surface area (Å²) < 4.78 is 10.1. The second kappa shape index (κ2) is 6.67. The van der Waals surface area contributed by atoms with Crippen LogP contribution in [-0.4, -0.2) is 38.8 Å². The molecule has 2 aromatic rings. The van der Waals surface area contributed by atoms with Crippen molar-refractivity contribution in [1.82, 2.24) is 24.4 Å². The maximum Gasteiger partial charge on any atom is 0.111 e. The van der Waals surface area contributed by atoms with Crippen LogP contribution in [0.4, 0.5) is 0 Å². The average Bonchev–Trinajstić information content (AvgIpc) is 3.16. The fraction of sp³-hybridized carbons (Fsp3) is 0.571. The maximum atomic E-state index is 5.79. The van der Waals surface area contributed by atoms with E-state index in [0.717, 1.165) is 45.6 Å². The summed E-state index contributed by atoms with van der Waals surface area (Å²) in [7, 11) is 0. The lowest BCUT2D eigenvalue weighted by molar-refractivity contribution is 0.0227. The Morgan fingerprint density at radius 3 is 3.00 bits per heavy atom. The molecular formula is C14H21N5O. The molecule has 108 valence electrons. The molecule has 2 aromatic heterocycles. The number of aryl methyl sites for hydroxylation is 2. The van der Waals surface area contributed by atoms with Crippen LogP contribution in [0.5, 0.6) is 0 Å². The number of imidazole rings is 2. The molecule has 0 bridgehead atoms. The summed E-state index contributed by atoms with van der Waals surface area (Å²) in [6.07, 6.45) is 11.9. The minimum atomic E-state index is 0.139. The van der Waals surface area contributed by atoms with Gasteiger partial charge in [0.2, 0.25) is 0 Å². The van der Waals surface area contributed by atoms with E-state index in [2.05, 4.69) is 24.4 Å². The fourth-order valence-corrected chi connectivity index (χ4v) is 2.54. The minimum absolute atomic E-state index is 0.139. The lowest BCUT2D eigenvalue weighted by atomic mass is 10.2. The maximum absolute atomic E-state index is 5.79. The molecule has 0 amide bonds. The summed E-state index contributed by atoms with van der Waals surface area (Å²) in [5.74, 6) is 0. The van der Waals surface area contributed by atoms with E-state index in [4.69, 9.17) is 4.74 Å². The second-order valence-electron chi connectivity index (χ2n) is 5.08. The van der Waals surface area contributed by atoms with E-state index in [1.165, 1.54) is 5.69 Å². The Labute approximate surface area is 118 Å². The zero-order chi connectivity index (χ0) is 13.6. The zero-order valence-corrected chi connectivity index (χ0v) is 11.6. The van der Waals surface area contributed by atoms with Gasteiger partial charge in [0.15, 0.2) is 0 Å². The number of nitrogens with one attached hydrogen (secondary N) is 1. The predicted molar refractivity (Wildman–Crippen MR) is 75.3 cm³/mol. The summed E-state index contributed by atoms with van der Waals surface area (Å²) in [4.78, 5) is 8.32. The Hall–Kier alpha value is -1.66. The van der Waals surface area contributed by atoms with E-state index in [1.54, 1.807) is 0 Å². The highest BCUT2D eigenvalue weighted by atomic mass is 16.5. The van der Waals surface area contributed by atoms with Crippen LogP contribution in [0, 0.1) is 0 Å². The van der Waals surface area contributed by atoms with Gasteiger partial charge in [-0.1, -0.05) is 0 Å². The van der Waals surface area contributed by atoms with Crippen LogP contribution in [0.15, 0.2) is 31.2 Å². The van der Waals surface area contributed by atoms with Gasteiger partial charge in [0.05, 0.1) is 31.2 Å². The van der Waals surface area contributed by atoms with Crippen molar-refractivity contribution in [3.63, 3.8) is 0 Å². The van der Waals surface area contributed by atoms with Crippen molar-refractivity contribution < 1.29 is 4.74 Å². The average molecular weight is 275 g/mol. The molecule has 0 aliphatic carbocycles. The molecule has 3 rings (SSSR count). The smallest absolute Gasteiger partial charge is 0.111 e. The number of nitrogens with zero attached hydrogens (tertiary/aromatic N) is 4. The lowest BCUT2D eigenvalue weighted by Gasteiger charge is -2.24. The van der Waals surface area contributed by atoms with Crippen molar-refractivity contribution in [2.24, 2.45) is 0 Å². The van der Waals surface area contributed by atoms with Crippen molar-refractivity contribution >= 4 is 0 Å². The molecule has 1 unspecified atom stereocenters. The standard InChI is InChI=1S/C14H21N5O/c1(5-18-7-3-16-11-18)2-6-19-12-17-9-13(19)14-10-15-4-8-20-14/h3,7,9,11-12,14-15H,1-2,4-6,8,10H2. The summed E-state index contributed by atoms with van der Waals surface area (Å²) in [6.45, 7) is 4.60. The summed E-state index contributed by atoms with van der Waals surface area (Å²) in [6, 6.07) is 0. The highest BCUT2D eigenvalue weighted by Gasteiger charge is 2.19. The number of hydrogen-bond donors (Lipinski definition) is 1. The molecule has 6 nitrogen and oxygen atoms in total. The quantitative estimate of drug-likeness (QED) is 0.805. The Morgan fingerprint density at radius 2 is 2.20 bits per heavy atom. The fourth-order valence-electron chi connectivity index (χ4n) is 2.54. The molecule has 1 aliphatic rings. The zero-order valence-electron chi connectivity index (χ0n) is 11.6. The highest BCUT2D eigenvalue weighted by molar-refractivity contribution is 5.04. The van der Waals surface area contributed by atoms with Gasteiger partial charge in [0.1, 0.15) is 6.10 Å². The second-order valence-corrected chi connectivity index (χ2v) is 5.08. The summed E-state index contributed by atoms with van der Waals surface area (Å²) in [5.41, 5.74) is 1.18. The first-order valence-electron chi connectivity index (χ1n) is 7.21. The first-order chi connectivity index (χ1) is 9.93. The Bertz CT molecular complexity index is 501. The van der Waals surface area contributed by atoms with Crippen LogP contribution in [0.25, 0.3) is 0 Å². The van der Waals surface area contributed by atoms with E-state index in [9.17, 15) is 0 Å². The molecule has 0 spiro atoms. The molecule has 0 radical (unpaired) electrons. The Morgan fingerprint density at radius 1 is 1.25 bits per heavy atom. The minimum Gasteiger partial charge on any atom is -0.369 e. The molecule has 1 atom stereocenters. The molecule has 1 fully saturated rings. The molecule has 1 saturated heterocycles. The number of ether oxygens (including phenoxy) is 1. The molecule has 0 saturated carbocycles. The monoisotopic (exact) mass is 275 g/mol. The Kier molecular flexibility index (Phi) is 4.45. The molecular weight excluding hydrogens is 254 g/mol. The summed E-state index contributed by atoms with van der Waals surface area (Å²) >= 11 is 0. The molecule has 3 heterocycles. The van der Waals surface area contributed by atoms with E-state index in [0.29, 0.717) is 0 Å². The molecule has 20 heavy (non-hydrogen) atoms. The van der Waals surface area contributed by atoms with Crippen molar-refractivity contribution in [2.45, 2.75) is 32.0 Å². The van der Waals surface area contributed by atoms with Crippen molar-refractivity contribution in [2.75, 3.05) is 19.7 Å². The number of aromatic nitrogens is 4. The van der Waals surface area contributed by atoms with Crippen molar-refractivity contribution in [3.8, 4) is 0 Å². The van der Waals surface area contributed by atoms with Crippen LogP contribution in [0.2, 0.25) is 0 Å². The van der Waals surface area contributed by atoms with Gasteiger partial charge < -0.3 is 19.2 Å². The highest BCUT2D eigenvalue weighted by Crippen LogP contribution is 2.18. The molecule has 0 aromatic carbocycles. The van der Waals surface area contributed by atoms with Gasteiger partial charge in [-0.05, 0) is 12.8 Å². The molecule has 1 N–H and O–H groups in total. The predicted octanol–water partition coefficient (Wildman–Crippen LogP) is 1.22. The van der Waals surface area contributed by atoms with Crippen LogP contribution >= 0.6 is 0 Å². The molecule has 1 aliphatic heterocycles. The van der Waals surface area contributed by atoms with E-state index < -0.39 is 0 Å². The topological polar surface area (TPSA) is 56.9 Å². The van der Waals surface area contributed by atoms with E-state index in [-0.39, 0.29) is 6.10 Å². The van der Waals surface area contributed by atoms with Gasteiger partial charge in [0, 0.05) is 38.6 Å². The van der Waals surface area contributed by atoms with Gasteiger partial charge in [0.25, 0.3) is 0 Å². The Balaban J connectivity index is 1.49.